The molecule has 1 heterocycles. The number of carbonyl (C=O) groups excluding carboxylic acids is 1. The van der Waals surface area contributed by atoms with Crippen molar-refractivity contribution in [2.24, 2.45) is 5.84 Å². The standard InChI is InChI=1S/C8H12N2O2S/c9-10-8(11)3-5-13-6-7-2-1-4-12-7/h1-2,4H,3,5-6,9H2,(H,10,11). The van der Waals surface area contributed by atoms with Gasteiger partial charge in [-0.05, 0) is 12.1 Å². The van der Waals surface area contributed by atoms with E-state index in [0.717, 1.165) is 17.3 Å². The molecule has 0 unspecified atom stereocenters. The van der Waals surface area contributed by atoms with Gasteiger partial charge in [0.05, 0.1) is 12.0 Å². The summed E-state index contributed by atoms with van der Waals surface area (Å²) in [5.41, 5.74) is 2.08. The first-order valence-corrected chi connectivity index (χ1v) is 5.08. The zero-order valence-electron chi connectivity index (χ0n) is 7.16. The lowest BCUT2D eigenvalue weighted by molar-refractivity contribution is -0.120. The fourth-order valence-electron chi connectivity index (χ4n) is 0.805. The van der Waals surface area contributed by atoms with Gasteiger partial charge in [-0.15, -0.1) is 0 Å². The second-order valence-electron chi connectivity index (χ2n) is 2.45. The van der Waals surface area contributed by atoms with Gasteiger partial charge in [-0.3, -0.25) is 10.2 Å². The molecule has 0 aliphatic rings. The molecular weight excluding hydrogens is 188 g/mol. The van der Waals surface area contributed by atoms with Crippen molar-refractivity contribution < 1.29 is 9.21 Å². The van der Waals surface area contributed by atoms with Gasteiger partial charge in [0.25, 0.3) is 0 Å². The van der Waals surface area contributed by atoms with Crippen molar-refractivity contribution >= 4 is 17.7 Å². The lowest BCUT2D eigenvalue weighted by Crippen LogP contribution is -2.30. The summed E-state index contributed by atoms with van der Waals surface area (Å²) in [6.45, 7) is 0. The van der Waals surface area contributed by atoms with Gasteiger partial charge in [0, 0.05) is 12.2 Å². The van der Waals surface area contributed by atoms with Crippen LogP contribution in [-0.4, -0.2) is 11.7 Å². The Hall–Kier alpha value is -0.940. The zero-order chi connectivity index (χ0) is 9.52. The van der Waals surface area contributed by atoms with E-state index in [2.05, 4.69) is 5.43 Å². The van der Waals surface area contributed by atoms with Gasteiger partial charge < -0.3 is 4.42 Å². The van der Waals surface area contributed by atoms with Gasteiger partial charge in [-0.25, -0.2) is 5.84 Å². The molecule has 1 rings (SSSR count). The SMILES string of the molecule is NNC(=O)CCSCc1ccco1. The Kier molecular flexibility index (Phi) is 4.42. The van der Waals surface area contributed by atoms with Crippen molar-refractivity contribution in [3.8, 4) is 0 Å². The first-order valence-electron chi connectivity index (χ1n) is 3.92. The highest BCUT2D eigenvalue weighted by Gasteiger charge is 1.99. The summed E-state index contributed by atoms with van der Waals surface area (Å²) in [6.07, 6.45) is 2.09. The first-order chi connectivity index (χ1) is 6.33. The Morgan fingerprint density at radius 1 is 1.69 bits per heavy atom. The molecule has 0 saturated carbocycles. The molecule has 5 heteroatoms. The molecule has 1 aromatic rings. The van der Waals surface area contributed by atoms with E-state index >= 15 is 0 Å². The van der Waals surface area contributed by atoms with Crippen LogP contribution in [0.25, 0.3) is 0 Å². The summed E-state index contributed by atoms with van der Waals surface area (Å²) >= 11 is 1.64. The van der Waals surface area contributed by atoms with E-state index in [1.807, 2.05) is 12.1 Å². The van der Waals surface area contributed by atoms with Crippen LogP contribution < -0.4 is 11.3 Å². The largest absolute Gasteiger partial charge is 0.468 e. The summed E-state index contributed by atoms with van der Waals surface area (Å²) in [4.78, 5) is 10.7. The van der Waals surface area contributed by atoms with Crippen LogP contribution in [0.2, 0.25) is 0 Å². The Morgan fingerprint density at radius 3 is 3.15 bits per heavy atom. The fourth-order valence-corrected chi connectivity index (χ4v) is 1.64. The smallest absolute Gasteiger partial charge is 0.234 e. The highest BCUT2D eigenvalue weighted by molar-refractivity contribution is 7.98. The fraction of sp³-hybridized carbons (Fsp3) is 0.375. The molecule has 0 bridgehead atoms. The maximum Gasteiger partial charge on any atom is 0.234 e. The number of amides is 1. The van der Waals surface area contributed by atoms with Crippen molar-refractivity contribution in [3.63, 3.8) is 0 Å². The minimum atomic E-state index is -0.132. The molecule has 1 amide bonds. The molecule has 72 valence electrons. The van der Waals surface area contributed by atoms with Crippen LogP contribution >= 0.6 is 11.8 Å². The third-order valence-electron chi connectivity index (χ3n) is 1.46. The first kappa shape index (κ1) is 10.1. The van der Waals surface area contributed by atoms with E-state index in [4.69, 9.17) is 10.3 Å². The van der Waals surface area contributed by atoms with Crippen molar-refractivity contribution in [1.29, 1.82) is 0 Å². The van der Waals surface area contributed by atoms with E-state index in [0.29, 0.717) is 6.42 Å². The number of hydrogen-bond donors (Lipinski definition) is 2. The summed E-state index contributed by atoms with van der Waals surface area (Å²) < 4.78 is 5.12. The van der Waals surface area contributed by atoms with Gasteiger partial charge in [-0.1, -0.05) is 0 Å². The molecule has 3 N–H and O–H groups in total. The molecule has 0 aromatic carbocycles. The van der Waals surface area contributed by atoms with Gasteiger partial charge in [0.15, 0.2) is 0 Å². The minimum Gasteiger partial charge on any atom is -0.468 e. The molecule has 0 saturated heterocycles. The summed E-state index contributed by atoms with van der Waals surface area (Å²) in [5.74, 6) is 7.27. The summed E-state index contributed by atoms with van der Waals surface area (Å²) in [7, 11) is 0. The second-order valence-corrected chi connectivity index (χ2v) is 3.55. The third kappa shape index (κ3) is 4.00. The highest BCUT2D eigenvalue weighted by atomic mass is 32.2. The molecule has 0 aliphatic heterocycles. The van der Waals surface area contributed by atoms with Crippen LogP contribution in [0.5, 0.6) is 0 Å². The Bertz CT molecular complexity index is 249. The minimum absolute atomic E-state index is 0.132. The van der Waals surface area contributed by atoms with Crippen LogP contribution in [0.15, 0.2) is 22.8 Å². The summed E-state index contributed by atoms with van der Waals surface area (Å²) in [5, 5.41) is 0. The average Bonchev–Trinajstić information content (AvgIpc) is 2.64. The number of carbonyl (C=O) groups is 1. The number of nitrogens with two attached hydrogens (primary N) is 1. The number of rotatable bonds is 5. The molecule has 13 heavy (non-hydrogen) atoms. The van der Waals surface area contributed by atoms with Crippen LogP contribution in [-0.2, 0) is 10.5 Å². The summed E-state index contributed by atoms with van der Waals surface area (Å²) in [6, 6.07) is 3.76. The van der Waals surface area contributed by atoms with Crippen LogP contribution in [0.3, 0.4) is 0 Å². The third-order valence-corrected chi connectivity index (χ3v) is 2.44. The molecule has 0 atom stereocenters. The quantitative estimate of drug-likeness (QED) is 0.320. The van der Waals surface area contributed by atoms with Crippen molar-refractivity contribution in [1.82, 2.24) is 5.43 Å². The molecule has 0 aliphatic carbocycles. The van der Waals surface area contributed by atoms with E-state index in [1.54, 1.807) is 18.0 Å². The predicted octanol–water partition coefficient (Wildman–Crippen LogP) is 0.893. The lowest BCUT2D eigenvalue weighted by atomic mass is 10.5. The molecule has 4 nitrogen and oxygen atoms in total. The van der Waals surface area contributed by atoms with Crippen LogP contribution in [0.1, 0.15) is 12.2 Å². The Morgan fingerprint density at radius 2 is 2.54 bits per heavy atom. The van der Waals surface area contributed by atoms with Gasteiger partial charge in [-0.2, -0.15) is 11.8 Å². The highest BCUT2D eigenvalue weighted by Crippen LogP contribution is 2.12. The Balaban J connectivity index is 2.05. The number of nitrogens with one attached hydrogen (secondary N) is 1. The molecule has 1 aromatic heterocycles. The van der Waals surface area contributed by atoms with E-state index in [9.17, 15) is 4.79 Å². The van der Waals surface area contributed by atoms with E-state index in [-0.39, 0.29) is 5.91 Å². The van der Waals surface area contributed by atoms with E-state index < -0.39 is 0 Å². The average molecular weight is 200 g/mol. The molecule has 0 spiro atoms. The van der Waals surface area contributed by atoms with Gasteiger partial charge in [0.2, 0.25) is 5.91 Å². The van der Waals surface area contributed by atoms with Gasteiger partial charge >= 0.3 is 0 Å². The molecule has 0 fully saturated rings. The van der Waals surface area contributed by atoms with Crippen molar-refractivity contribution in [3.05, 3.63) is 24.2 Å². The lowest BCUT2D eigenvalue weighted by Gasteiger charge is -1.98. The van der Waals surface area contributed by atoms with E-state index in [1.165, 1.54) is 0 Å². The monoisotopic (exact) mass is 200 g/mol. The molecule has 0 radical (unpaired) electrons. The van der Waals surface area contributed by atoms with Crippen molar-refractivity contribution in [2.75, 3.05) is 5.75 Å². The molecular formula is C8H12N2O2S. The van der Waals surface area contributed by atoms with Crippen LogP contribution in [0.4, 0.5) is 0 Å². The maximum atomic E-state index is 10.7. The number of hydrogen-bond acceptors (Lipinski definition) is 4. The zero-order valence-corrected chi connectivity index (χ0v) is 7.97. The normalized spacial score (nSPS) is 9.92. The maximum absolute atomic E-state index is 10.7. The van der Waals surface area contributed by atoms with Gasteiger partial charge in [0.1, 0.15) is 5.76 Å². The number of thioether (sulfide) groups is 1. The van der Waals surface area contributed by atoms with Crippen molar-refractivity contribution in [2.45, 2.75) is 12.2 Å². The number of furan rings is 1. The van der Waals surface area contributed by atoms with Crippen LogP contribution in [0, 0.1) is 0 Å². The Labute approximate surface area is 80.8 Å². The second kappa shape index (κ2) is 5.66. The topological polar surface area (TPSA) is 68.3 Å². The number of hydrazine groups is 1. The predicted molar refractivity (Wildman–Crippen MR) is 51.8 cm³/mol.